The van der Waals surface area contributed by atoms with Gasteiger partial charge in [0.25, 0.3) is 5.91 Å². The molecule has 0 fully saturated rings. The van der Waals surface area contributed by atoms with Gasteiger partial charge in [0.05, 0.1) is 0 Å². The Kier molecular flexibility index (Phi) is 4.08. The molecule has 0 bridgehead atoms. The van der Waals surface area contributed by atoms with Crippen LogP contribution in [-0.2, 0) is 4.79 Å². The normalized spacial score (nSPS) is 10.7. The van der Waals surface area contributed by atoms with E-state index >= 15 is 0 Å². The van der Waals surface area contributed by atoms with E-state index in [2.05, 4.69) is 16.9 Å². The third kappa shape index (κ3) is 3.13. The van der Waals surface area contributed by atoms with Gasteiger partial charge in [0.15, 0.2) is 11.7 Å². The summed E-state index contributed by atoms with van der Waals surface area (Å²) in [6, 6.07) is 8.17. The van der Waals surface area contributed by atoms with E-state index < -0.39 is 17.6 Å². The van der Waals surface area contributed by atoms with E-state index in [0.29, 0.717) is 5.56 Å². The van der Waals surface area contributed by atoms with Crippen molar-refractivity contribution in [3.63, 3.8) is 0 Å². The Morgan fingerprint density at radius 2 is 2.00 bits per heavy atom. The van der Waals surface area contributed by atoms with Gasteiger partial charge in [-0.1, -0.05) is 24.8 Å². The second-order valence-electron chi connectivity index (χ2n) is 2.81. The lowest BCUT2D eigenvalue weighted by Gasteiger charge is -2.04. The maximum Gasteiger partial charge on any atom is 0.256 e. The number of carbonyl (C=O) groups excluding carboxylic acids is 2. The largest absolute Gasteiger partial charge is 0.304 e. The SMILES string of the molecule is C=C(F)C(=NC=O)NC(=O)c1ccccc1. The summed E-state index contributed by atoms with van der Waals surface area (Å²) in [5, 5.41) is 2.14. The average Bonchev–Trinajstić information content (AvgIpc) is 2.29. The van der Waals surface area contributed by atoms with E-state index in [1.165, 1.54) is 0 Å². The number of nitrogens with zero attached hydrogens (tertiary/aromatic N) is 1. The highest BCUT2D eigenvalue weighted by molar-refractivity contribution is 6.12. The summed E-state index contributed by atoms with van der Waals surface area (Å²) in [5.74, 6) is -2.01. The monoisotopic (exact) mass is 220 g/mol. The van der Waals surface area contributed by atoms with E-state index in [0.717, 1.165) is 0 Å². The van der Waals surface area contributed by atoms with E-state index in [9.17, 15) is 14.0 Å². The van der Waals surface area contributed by atoms with Gasteiger partial charge in [-0.05, 0) is 12.1 Å². The smallest absolute Gasteiger partial charge is 0.256 e. The first-order valence-corrected chi connectivity index (χ1v) is 4.37. The molecule has 4 nitrogen and oxygen atoms in total. The van der Waals surface area contributed by atoms with Crippen LogP contribution in [0.2, 0.25) is 0 Å². The fourth-order valence-electron chi connectivity index (χ4n) is 0.992. The predicted octanol–water partition coefficient (Wildman–Crippen LogP) is 1.45. The summed E-state index contributed by atoms with van der Waals surface area (Å²) < 4.78 is 12.7. The lowest BCUT2D eigenvalue weighted by molar-refractivity contribution is -0.106. The van der Waals surface area contributed by atoms with Crippen molar-refractivity contribution in [1.82, 2.24) is 5.32 Å². The molecule has 0 aromatic heterocycles. The van der Waals surface area contributed by atoms with Gasteiger partial charge in [-0.3, -0.25) is 9.59 Å². The molecule has 0 aliphatic heterocycles. The number of amidine groups is 1. The minimum absolute atomic E-state index is 0.130. The lowest BCUT2D eigenvalue weighted by Crippen LogP contribution is -2.30. The van der Waals surface area contributed by atoms with Crippen LogP contribution in [0.25, 0.3) is 0 Å². The number of hydrogen-bond acceptors (Lipinski definition) is 2. The van der Waals surface area contributed by atoms with Crippen molar-refractivity contribution in [2.24, 2.45) is 4.99 Å². The first-order valence-electron chi connectivity index (χ1n) is 4.37. The molecular weight excluding hydrogens is 211 g/mol. The number of nitrogens with one attached hydrogen (secondary N) is 1. The fourth-order valence-corrected chi connectivity index (χ4v) is 0.992. The van der Waals surface area contributed by atoms with Gasteiger partial charge in [0.2, 0.25) is 6.41 Å². The Morgan fingerprint density at radius 3 is 2.50 bits per heavy atom. The topological polar surface area (TPSA) is 58.5 Å². The molecule has 1 rings (SSSR count). The minimum Gasteiger partial charge on any atom is -0.304 e. The summed E-state index contributed by atoms with van der Waals surface area (Å²) in [6.07, 6.45) is 0.130. The van der Waals surface area contributed by atoms with E-state index in [1.54, 1.807) is 30.3 Å². The molecule has 0 unspecified atom stereocenters. The molecule has 0 spiro atoms. The Morgan fingerprint density at radius 1 is 1.38 bits per heavy atom. The fraction of sp³-hybridized carbons (Fsp3) is 0. The summed E-state index contributed by atoms with van der Waals surface area (Å²) in [4.78, 5) is 24.7. The number of benzene rings is 1. The van der Waals surface area contributed by atoms with Crippen molar-refractivity contribution in [3.8, 4) is 0 Å². The number of aliphatic imine (C=N–C) groups is 1. The number of hydrogen-bond donors (Lipinski definition) is 1. The first-order chi connectivity index (χ1) is 7.65. The van der Waals surface area contributed by atoms with Crippen molar-refractivity contribution in [1.29, 1.82) is 0 Å². The number of halogens is 1. The van der Waals surface area contributed by atoms with Crippen molar-refractivity contribution >= 4 is 18.2 Å². The molecule has 1 aromatic rings. The molecule has 1 N–H and O–H groups in total. The molecule has 0 heterocycles. The van der Waals surface area contributed by atoms with Crippen molar-refractivity contribution in [2.75, 3.05) is 0 Å². The lowest BCUT2D eigenvalue weighted by atomic mass is 10.2. The third-order valence-corrected chi connectivity index (χ3v) is 1.71. The first kappa shape index (κ1) is 11.8. The van der Waals surface area contributed by atoms with E-state index in [4.69, 9.17) is 0 Å². The van der Waals surface area contributed by atoms with Crippen molar-refractivity contribution in [3.05, 3.63) is 48.3 Å². The average molecular weight is 220 g/mol. The van der Waals surface area contributed by atoms with Crippen LogP contribution >= 0.6 is 0 Å². The zero-order valence-corrected chi connectivity index (χ0v) is 8.31. The molecule has 0 atom stereocenters. The highest BCUT2D eigenvalue weighted by Crippen LogP contribution is 2.00. The Balaban J connectivity index is 2.82. The van der Waals surface area contributed by atoms with Crippen molar-refractivity contribution < 1.29 is 14.0 Å². The second kappa shape index (κ2) is 5.55. The number of amides is 2. The van der Waals surface area contributed by atoms with Crippen LogP contribution in [0.3, 0.4) is 0 Å². The summed E-state index contributed by atoms with van der Waals surface area (Å²) in [7, 11) is 0. The van der Waals surface area contributed by atoms with Gasteiger partial charge in [0, 0.05) is 5.56 Å². The van der Waals surface area contributed by atoms with Gasteiger partial charge in [-0.2, -0.15) is 4.99 Å². The van der Waals surface area contributed by atoms with Crippen molar-refractivity contribution in [2.45, 2.75) is 0 Å². The Bertz CT molecular complexity index is 441. The molecule has 2 amide bonds. The maximum absolute atomic E-state index is 12.7. The molecule has 0 radical (unpaired) electrons. The molecule has 0 aliphatic rings. The predicted molar refractivity (Wildman–Crippen MR) is 57.7 cm³/mol. The van der Waals surface area contributed by atoms with Crippen LogP contribution in [0.1, 0.15) is 10.4 Å². The van der Waals surface area contributed by atoms with Crippen LogP contribution in [0.5, 0.6) is 0 Å². The Hall–Kier alpha value is -2.30. The highest BCUT2D eigenvalue weighted by Gasteiger charge is 2.10. The molecule has 82 valence electrons. The maximum atomic E-state index is 12.7. The molecule has 0 aliphatic carbocycles. The second-order valence-corrected chi connectivity index (χ2v) is 2.81. The van der Waals surface area contributed by atoms with Crippen LogP contribution in [0, 0.1) is 0 Å². The molecule has 16 heavy (non-hydrogen) atoms. The minimum atomic E-state index is -0.976. The number of rotatable bonds is 3. The summed E-state index contributed by atoms with van der Waals surface area (Å²) >= 11 is 0. The third-order valence-electron chi connectivity index (χ3n) is 1.71. The van der Waals surface area contributed by atoms with Crippen LogP contribution in [-0.4, -0.2) is 18.2 Å². The van der Waals surface area contributed by atoms with E-state index in [-0.39, 0.29) is 6.41 Å². The standard InChI is InChI=1S/C11H9FN2O2/c1-8(12)10(13-7-15)14-11(16)9-5-3-2-4-6-9/h2-7H,1H2,(H,13,14,15,16). The molecule has 0 saturated heterocycles. The van der Waals surface area contributed by atoms with Crippen LogP contribution in [0.4, 0.5) is 4.39 Å². The van der Waals surface area contributed by atoms with Gasteiger partial charge in [-0.25, -0.2) is 4.39 Å². The molecule has 1 aromatic carbocycles. The van der Waals surface area contributed by atoms with Gasteiger partial charge < -0.3 is 5.32 Å². The number of carbonyl (C=O) groups is 2. The van der Waals surface area contributed by atoms with Gasteiger partial charge in [-0.15, -0.1) is 0 Å². The Labute approximate surface area is 91.5 Å². The van der Waals surface area contributed by atoms with Gasteiger partial charge in [0.1, 0.15) is 0 Å². The zero-order valence-electron chi connectivity index (χ0n) is 8.31. The zero-order chi connectivity index (χ0) is 12.0. The molecule has 0 saturated carbocycles. The van der Waals surface area contributed by atoms with Crippen LogP contribution in [0.15, 0.2) is 47.7 Å². The quantitative estimate of drug-likeness (QED) is 0.476. The van der Waals surface area contributed by atoms with Crippen LogP contribution < -0.4 is 5.32 Å². The van der Waals surface area contributed by atoms with E-state index in [1.807, 2.05) is 0 Å². The molecular formula is C11H9FN2O2. The highest BCUT2D eigenvalue weighted by atomic mass is 19.1. The summed E-state index contributed by atoms with van der Waals surface area (Å²) in [6.45, 7) is 2.95. The van der Waals surface area contributed by atoms with Gasteiger partial charge >= 0.3 is 0 Å². The molecule has 5 heteroatoms. The summed E-state index contributed by atoms with van der Waals surface area (Å²) in [5.41, 5.74) is 0.336.